The van der Waals surface area contributed by atoms with Crippen molar-refractivity contribution in [3.05, 3.63) is 48.8 Å². The molecule has 0 N–H and O–H groups in total. The summed E-state index contributed by atoms with van der Waals surface area (Å²) < 4.78 is 5.85. The number of rotatable bonds is 6. The zero-order valence-corrected chi connectivity index (χ0v) is 13.1. The van der Waals surface area contributed by atoms with Gasteiger partial charge in [-0.1, -0.05) is 24.6 Å². The van der Waals surface area contributed by atoms with E-state index in [9.17, 15) is 0 Å². The van der Waals surface area contributed by atoms with Crippen molar-refractivity contribution < 1.29 is 4.74 Å². The largest absolute Gasteiger partial charge is 0.494 e. The van der Waals surface area contributed by atoms with Gasteiger partial charge in [-0.3, -0.25) is 4.98 Å². The van der Waals surface area contributed by atoms with Crippen molar-refractivity contribution in [2.45, 2.75) is 25.7 Å². The van der Waals surface area contributed by atoms with Gasteiger partial charge in [-0.05, 0) is 61.7 Å². The van der Waals surface area contributed by atoms with E-state index in [0.29, 0.717) is 0 Å². The molecule has 2 heterocycles. The van der Waals surface area contributed by atoms with Crippen LogP contribution in [-0.4, -0.2) is 36.1 Å². The maximum absolute atomic E-state index is 5.85. The van der Waals surface area contributed by atoms with Gasteiger partial charge in [-0.25, -0.2) is 0 Å². The summed E-state index contributed by atoms with van der Waals surface area (Å²) in [5.41, 5.74) is 2.31. The lowest BCUT2D eigenvalue weighted by atomic mass is 10.1. The topological polar surface area (TPSA) is 25.4 Å². The highest BCUT2D eigenvalue weighted by Gasteiger charge is 2.09. The van der Waals surface area contributed by atoms with Crippen LogP contribution in [0.3, 0.4) is 0 Å². The highest BCUT2D eigenvalue weighted by Crippen LogP contribution is 2.21. The third-order valence-corrected chi connectivity index (χ3v) is 4.19. The summed E-state index contributed by atoms with van der Waals surface area (Å²) >= 11 is 0. The summed E-state index contributed by atoms with van der Waals surface area (Å²) in [7, 11) is 0. The molecule has 116 valence electrons. The molecule has 1 fully saturated rings. The number of likely N-dealkylation sites (tertiary alicyclic amines) is 1. The molecule has 0 atom stereocenters. The van der Waals surface area contributed by atoms with Gasteiger partial charge < -0.3 is 9.64 Å². The van der Waals surface area contributed by atoms with E-state index in [-0.39, 0.29) is 0 Å². The van der Waals surface area contributed by atoms with Crippen molar-refractivity contribution in [3.63, 3.8) is 0 Å². The first-order valence-electron chi connectivity index (χ1n) is 8.27. The fraction of sp³-hybridized carbons (Fsp3) is 0.421. The molecular weight excluding hydrogens is 272 g/mol. The second kappa shape index (κ2) is 7.95. The highest BCUT2D eigenvalue weighted by atomic mass is 16.5. The van der Waals surface area contributed by atoms with Crippen LogP contribution in [-0.2, 0) is 0 Å². The third-order valence-electron chi connectivity index (χ3n) is 4.19. The molecular formula is C19H24N2O. The number of hydrogen-bond donors (Lipinski definition) is 0. The number of hydrogen-bond acceptors (Lipinski definition) is 3. The molecule has 1 aliphatic heterocycles. The molecule has 0 unspecified atom stereocenters. The van der Waals surface area contributed by atoms with Crippen molar-refractivity contribution in [3.8, 4) is 16.9 Å². The predicted octanol–water partition coefficient (Wildman–Crippen LogP) is 4.00. The molecule has 3 heteroatoms. The lowest BCUT2D eigenvalue weighted by molar-refractivity contribution is 0.205. The maximum Gasteiger partial charge on any atom is 0.119 e. The monoisotopic (exact) mass is 296 g/mol. The minimum absolute atomic E-state index is 0.794. The number of pyridine rings is 1. The minimum atomic E-state index is 0.794. The molecule has 2 aromatic rings. The van der Waals surface area contributed by atoms with E-state index < -0.39 is 0 Å². The Hall–Kier alpha value is -1.87. The lowest BCUT2D eigenvalue weighted by Gasteiger charge is -2.26. The Morgan fingerprint density at radius 2 is 1.77 bits per heavy atom. The Morgan fingerprint density at radius 1 is 0.955 bits per heavy atom. The van der Waals surface area contributed by atoms with E-state index in [1.165, 1.54) is 37.9 Å². The predicted molar refractivity (Wildman–Crippen MR) is 90.1 cm³/mol. The molecule has 0 aliphatic carbocycles. The van der Waals surface area contributed by atoms with Crippen LogP contribution in [0.2, 0.25) is 0 Å². The third kappa shape index (κ3) is 4.31. The van der Waals surface area contributed by atoms with Crippen LogP contribution in [0.5, 0.6) is 5.75 Å². The van der Waals surface area contributed by atoms with Gasteiger partial charge in [0.15, 0.2) is 0 Å². The van der Waals surface area contributed by atoms with Gasteiger partial charge in [-0.15, -0.1) is 0 Å². The Labute approximate surface area is 132 Å². The van der Waals surface area contributed by atoms with Gasteiger partial charge in [0.2, 0.25) is 0 Å². The number of ether oxygens (including phenoxy) is 1. The molecule has 0 spiro atoms. The fourth-order valence-corrected chi connectivity index (χ4v) is 2.94. The van der Waals surface area contributed by atoms with E-state index in [1.54, 1.807) is 6.20 Å². The van der Waals surface area contributed by atoms with Crippen molar-refractivity contribution >= 4 is 0 Å². The average Bonchev–Trinajstić information content (AvgIpc) is 2.61. The first-order chi connectivity index (χ1) is 10.9. The molecule has 1 saturated heterocycles. The summed E-state index contributed by atoms with van der Waals surface area (Å²) in [6.07, 6.45) is 8.89. The Balaban J connectivity index is 1.43. The first kappa shape index (κ1) is 15.0. The summed E-state index contributed by atoms with van der Waals surface area (Å²) in [4.78, 5) is 6.71. The van der Waals surface area contributed by atoms with Crippen LogP contribution in [0.1, 0.15) is 25.7 Å². The molecule has 0 saturated carbocycles. The maximum atomic E-state index is 5.85. The molecule has 1 aromatic heterocycles. The van der Waals surface area contributed by atoms with Gasteiger partial charge in [-0.2, -0.15) is 0 Å². The SMILES string of the molecule is c1cncc(-c2ccc(OCCCN3CCCCC3)cc2)c1. The molecule has 0 radical (unpaired) electrons. The number of piperidine rings is 1. The van der Waals surface area contributed by atoms with Crippen LogP contribution in [0.4, 0.5) is 0 Å². The Morgan fingerprint density at radius 3 is 2.50 bits per heavy atom. The smallest absolute Gasteiger partial charge is 0.119 e. The summed E-state index contributed by atoms with van der Waals surface area (Å²) in [6, 6.07) is 12.3. The van der Waals surface area contributed by atoms with E-state index in [2.05, 4.69) is 28.1 Å². The molecule has 1 aromatic carbocycles. The molecule has 0 bridgehead atoms. The van der Waals surface area contributed by atoms with E-state index in [0.717, 1.165) is 30.9 Å². The Kier molecular flexibility index (Phi) is 5.43. The van der Waals surface area contributed by atoms with Crippen LogP contribution in [0.25, 0.3) is 11.1 Å². The lowest BCUT2D eigenvalue weighted by Crippen LogP contribution is -2.31. The van der Waals surface area contributed by atoms with Crippen molar-refractivity contribution in [2.24, 2.45) is 0 Å². The van der Waals surface area contributed by atoms with Gasteiger partial charge in [0.25, 0.3) is 0 Å². The normalized spacial score (nSPS) is 15.6. The van der Waals surface area contributed by atoms with Gasteiger partial charge in [0.1, 0.15) is 5.75 Å². The van der Waals surface area contributed by atoms with Gasteiger partial charge >= 0.3 is 0 Å². The van der Waals surface area contributed by atoms with Crippen molar-refractivity contribution in [1.82, 2.24) is 9.88 Å². The van der Waals surface area contributed by atoms with Crippen molar-refractivity contribution in [2.75, 3.05) is 26.2 Å². The molecule has 3 rings (SSSR count). The second-order valence-electron chi connectivity index (χ2n) is 5.87. The molecule has 22 heavy (non-hydrogen) atoms. The first-order valence-corrected chi connectivity index (χ1v) is 8.27. The van der Waals surface area contributed by atoms with Crippen LogP contribution in [0.15, 0.2) is 48.8 Å². The van der Waals surface area contributed by atoms with Crippen LogP contribution < -0.4 is 4.74 Å². The van der Waals surface area contributed by atoms with E-state index in [4.69, 9.17) is 4.74 Å². The standard InChI is InChI=1S/C19H24N2O/c1-2-12-21(13-3-1)14-5-15-22-19-9-7-17(8-10-19)18-6-4-11-20-16-18/h4,6-11,16H,1-3,5,12-15H2. The molecule has 3 nitrogen and oxygen atoms in total. The minimum Gasteiger partial charge on any atom is -0.494 e. The summed E-state index contributed by atoms with van der Waals surface area (Å²) in [6.45, 7) is 4.48. The molecule has 1 aliphatic rings. The van der Waals surface area contributed by atoms with Crippen molar-refractivity contribution in [1.29, 1.82) is 0 Å². The van der Waals surface area contributed by atoms with Gasteiger partial charge in [0.05, 0.1) is 6.61 Å². The van der Waals surface area contributed by atoms with Gasteiger partial charge in [0, 0.05) is 18.9 Å². The van der Waals surface area contributed by atoms with Crippen LogP contribution >= 0.6 is 0 Å². The zero-order valence-electron chi connectivity index (χ0n) is 13.1. The number of benzene rings is 1. The zero-order chi connectivity index (χ0) is 15.0. The highest BCUT2D eigenvalue weighted by molar-refractivity contribution is 5.62. The quantitative estimate of drug-likeness (QED) is 0.753. The summed E-state index contributed by atoms with van der Waals surface area (Å²) in [5.74, 6) is 0.950. The van der Waals surface area contributed by atoms with E-state index in [1.807, 2.05) is 24.4 Å². The average molecular weight is 296 g/mol. The fourth-order valence-electron chi connectivity index (χ4n) is 2.94. The second-order valence-corrected chi connectivity index (χ2v) is 5.87. The van der Waals surface area contributed by atoms with E-state index >= 15 is 0 Å². The number of aromatic nitrogens is 1. The van der Waals surface area contributed by atoms with Crippen LogP contribution in [0, 0.1) is 0 Å². The Bertz CT molecular complexity index is 547. The summed E-state index contributed by atoms with van der Waals surface area (Å²) in [5, 5.41) is 0. The molecule has 0 amide bonds. The number of nitrogens with zero attached hydrogens (tertiary/aromatic N) is 2.